The van der Waals surface area contributed by atoms with E-state index in [1.165, 1.54) is 20.2 Å². The van der Waals surface area contributed by atoms with E-state index in [2.05, 4.69) is 54.8 Å². The highest BCUT2D eigenvalue weighted by atomic mass is 32.2. The molecule has 4 rings (SSSR count). The van der Waals surface area contributed by atoms with Crippen molar-refractivity contribution in [1.82, 2.24) is 4.98 Å². The molecule has 0 aliphatic rings. The van der Waals surface area contributed by atoms with Gasteiger partial charge in [-0.3, -0.25) is 0 Å². The standard InChI is InChI=1S/C20H18N2S3.2C2H6/c1-2-10-24-20-18(21)17-14(13-7-4-3-5-8-13)12-15(22-19(17)25-20)16-9-6-11-23-16;2*1-2/h3-9,11-12H,2,10,21H2,1H3;2*1-2H3. The van der Waals surface area contributed by atoms with E-state index in [0.29, 0.717) is 0 Å². The number of fused-ring (bicyclic) bond motifs is 1. The second-order valence-electron chi connectivity index (χ2n) is 5.73. The maximum atomic E-state index is 6.54. The first kappa shape index (κ1) is 23.5. The summed E-state index contributed by atoms with van der Waals surface area (Å²) in [6.07, 6.45) is 1.14. The van der Waals surface area contributed by atoms with Crippen LogP contribution < -0.4 is 5.73 Å². The molecule has 0 unspecified atom stereocenters. The Morgan fingerprint density at radius 2 is 1.72 bits per heavy atom. The summed E-state index contributed by atoms with van der Waals surface area (Å²) in [5.41, 5.74) is 10.8. The first-order valence-corrected chi connectivity index (χ1v) is 12.9. The molecule has 3 heterocycles. The van der Waals surface area contributed by atoms with Gasteiger partial charge in [0.2, 0.25) is 0 Å². The first-order valence-electron chi connectivity index (χ1n) is 10.2. The quantitative estimate of drug-likeness (QED) is 0.314. The number of anilines is 1. The summed E-state index contributed by atoms with van der Waals surface area (Å²) in [5.74, 6) is 1.08. The van der Waals surface area contributed by atoms with Crippen LogP contribution in [0.1, 0.15) is 41.0 Å². The van der Waals surface area contributed by atoms with Gasteiger partial charge in [-0.05, 0) is 40.8 Å². The van der Waals surface area contributed by atoms with Gasteiger partial charge in [0.25, 0.3) is 0 Å². The molecule has 5 heteroatoms. The third kappa shape index (κ3) is 5.41. The third-order valence-corrected chi connectivity index (χ3v) is 7.45. The van der Waals surface area contributed by atoms with E-state index in [1.807, 2.05) is 45.5 Å². The summed E-state index contributed by atoms with van der Waals surface area (Å²) in [4.78, 5) is 7.15. The van der Waals surface area contributed by atoms with Crippen LogP contribution in [0.5, 0.6) is 0 Å². The van der Waals surface area contributed by atoms with E-state index in [9.17, 15) is 0 Å². The van der Waals surface area contributed by atoms with Gasteiger partial charge in [0.1, 0.15) is 4.83 Å². The normalized spacial score (nSPS) is 10.1. The lowest BCUT2D eigenvalue weighted by Gasteiger charge is -2.07. The Labute approximate surface area is 187 Å². The fourth-order valence-corrected chi connectivity index (χ4v) is 5.71. The molecule has 154 valence electrons. The van der Waals surface area contributed by atoms with E-state index < -0.39 is 0 Å². The van der Waals surface area contributed by atoms with Gasteiger partial charge in [0.15, 0.2) is 0 Å². The van der Waals surface area contributed by atoms with Crippen molar-refractivity contribution in [2.75, 3.05) is 11.5 Å². The number of hydrogen-bond donors (Lipinski definition) is 1. The summed E-state index contributed by atoms with van der Waals surface area (Å²) < 4.78 is 1.19. The fraction of sp³-hybridized carbons (Fsp3) is 0.292. The van der Waals surface area contributed by atoms with Crippen LogP contribution in [0.4, 0.5) is 5.69 Å². The molecule has 0 aliphatic carbocycles. The summed E-state index contributed by atoms with van der Waals surface area (Å²) in [6.45, 7) is 10.2. The number of nitrogen functional groups attached to an aromatic ring is 1. The fourth-order valence-electron chi connectivity index (χ4n) is 2.80. The minimum absolute atomic E-state index is 0.877. The number of benzene rings is 1. The Kier molecular flexibility index (Phi) is 9.71. The molecule has 1 aromatic carbocycles. The topological polar surface area (TPSA) is 38.9 Å². The van der Waals surface area contributed by atoms with Crippen molar-refractivity contribution in [3.05, 3.63) is 53.9 Å². The highest BCUT2D eigenvalue weighted by molar-refractivity contribution is 8.01. The van der Waals surface area contributed by atoms with Gasteiger partial charge in [-0.1, -0.05) is 71.0 Å². The number of rotatable bonds is 5. The van der Waals surface area contributed by atoms with Crippen LogP contribution in [-0.2, 0) is 0 Å². The van der Waals surface area contributed by atoms with Crippen molar-refractivity contribution < 1.29 is 0 Å². The molecule has 4 aromatic rings. The molecule has 0 fully saturated rings. The molecule has 0 saturated heterocycles. The van der Waals surface area contributed by atoms with Gasteiger partial charge in [0, 0.05) is 5.39 Å². The summed E-state index contributed by atoms with van der Waals surface area (Å²) in [7, 11) is 0. The molecule has 3 aromatic heterocycles. The second-order valence-corrected chi connectivity index (χ2v) is 9.04. The van der Waals surface area contributed by atoms with Crippen LogP contribution in [0.25, 0.3) is 31.9 Å². The maximum absolute atomic E-state index is 6.54. The average molecular weight is 443 g/mol. The van der Waals surface area contributed by atoms with Crippen LogP contribution in [0, 0.1) is 0 Å². The molecule has 0 bridgehead atoms. The molecule has 0 atom stereocenters. The summed E-state index contributed by atoms with van der Waals surface area (Å²) >= 11 is 5.27. The smallest absolute Gasteiger partial charge is 0.127 e. The number of thioether (sulfide) groups is 1. The summed E-state index contributed by atoms with van der Waals surface area (Å²) in [6, 6.07) is 16.8. The zero-order valence-corrected chi connectivity index (χ0v) is 20.3. The second kappa shape index (κ2) is 12.0. The monoisotopic (exact) mass is 442 g/mol. The van der Waals surface area contributed by atoms with E-state index in [1.54, 1.807) is 22.7 Å². The third-order valence-electron chi connectivity index (χ3n) is 3.96. The zero-order chi connectivity index (χ0) is 21.2. The Hall–Kier alpha value is -1.82. The molecule has 0 spiro atoms. The van der Waals surface area contributed by atoms with E-state index in [4.69, 9.17) is 10.7 Å². The average Bonchev–Trinajstić information content (AvgIpc) is 3.44. The van der Waals surface area contributed by atoms with Crippen molar-refractivity contribution >= 4 is 50.3 Å². The number of aromatic nitrogens is 1. The van der Waals surface area contributed by atoms with E-state index in [-0.39, 0.29) is 0 Å². The number of nitrogens with two attached hydrogens (primary N) is 1. The first-order chi connectivity index (χ1) is 14.3. The lowest BCUT2D eigenvalue weighted by Crippen LogP contribution is -1.90. The number of pyridine rings is 1. The lowest BCUT2D eigenvalue weighted by atomic mass is 10.0. The molecule has 0 aliphatic heterocycles. The number of nitrogens with zero attached hydrogens (tertiary/aromatic N) is 1. The Morgan fingerprint density at radius 1 is 1.00 bits per heavy atom. The van der Waals surface area contributed by atoms with E-state index >= 15 is 0 Å². The van der Waals surface area contributed by atoms with Gasteiger partial charge in [0.05, 0.1) is 20.5 Å². The van der Waals surface area contributed by atoms with Crippen molar-refractivity contribution in [3.63, 3.8) is 0 Å². The molecule has 2 N–H and O–H groups in total. The van der Waals surface area contributed by atoms with Crippen LogP contribution in [0.3, 0.4) is 0 Å². The van der Waals surface area contributed by atoms with Crippen LogP contribution in [0.15, 0.2) is 58.1 Å². The highest BCUT2D eigenvalue weighted by Crippen LogP contribution is 2.45. The van der Waals surface area contributed by atoms with Crippen LogP contribution >= 0.6 is 34.4 Å². The van der Waals surface area contributed by atoms with Crippen molar-refractivity contribution in [1.29, 1.82) is 0 Å². The van der Waals surface area contributed by atoms with Crippen molar-refractivity contribution in [2.45, 2.75) is 45.2 Å². The van der Waals surface area contributed by atoms with Gasteiger partial charge in [-0.15, -0.1) is 34.4 Å². The van der Waals surface area contributed by atoms with Gasteiger partial charge >= 0.3 is 0 Å². The zero-order valence-electron chi connectivity index (χ0n) is 17.9. The molecule has 0 amide bonds. The Balaban J connectivity index is 0.000000707. The summed E-state index contributed by atoms with van der Waals surface area (Å²) in [5, 5.41) is 3.18. The largest absolute Gasteiger partial charge is 0.397 e. The predicted octanol–water partition coefficient (Wildman–Crippen LogP) is 8.83. The predicted molar refractivity (Wildman–Crippen MR) is 136 cm³/mol. The lowest BCUT2D eigenvalue weighted by molar-refractivity contribution is 1.11. The number of thiophene rings is 2. The SMILES string of the molecule is CC.CC.CCCSc1sc2nc(-c3cccs3)cc(-c3ccccc3)c2c1N. The minimum Gasteiger partial charge on any atom is -0.397 e. The van der Waals surface area contributed by atoms with Gasteiger partial charge in [-0.25, -0.2) is 4.98 Å². The molecular weight excluding hydrogens is 412 g/mol. The van der Waals surface area contributed by atoms with Gasteiger partial charge < -0.3 is 5.73 Å². The van der Waals surface area contributed by atoms with Crippen molar-refractivity contribution in [2.24, 2.45) is 0 Å². The Morgan fingerprint density at radius 3 is 2.34 bits per heavy atom. The molecular formula is C24H30N2S3. The molecule has 0 radical (unpaired) electrons. The molecule has 0 saturated carbocycles. The van der Waals surface area contributed by atoms with Crippen LogP contribution in [0.2, 0.25) is 0 Å². The highest BCUT2D eigenvalue weighted by Gasteiger charge is 2.18. The van der Waals surface area contributed by atoms with E-state index in [0.717, 1.165) is 33.8 Å². The maximum Gasteiger partial charge on any atom is 0.127 e. The van der Waals surface area contributed by atoms with Crippen molar-refractivity contribution in [3.8, 4) is 21.7 Å². The van der Waals surface area contributed by atoms with Crippen LogP contribution in [-0.4, -0.2) is 10.7 Å². The molecule has 2 nitrogen and oxygen atoms in total. The van der Waals surface area contributed by atoms with Gasteiger partial charge in [-0.2, -0.15) is 0 Å². The molecule has 29 heavy (non-hydrogen) atoms. The number of hydrogen-bond acceptors (Lipinski definition) is 5. The Bertz CT molecular complexity index is 990. The minimum atomic E-state index is 0.877.